The second kappa shape index (κ2) is 13.4. The van der Waals surface area contributed by atoms with Crippen LogP contribution in [-0.4, -0.2) is 66.4 Å². The molecule has 41 heavy (non-hydrogen) atoms. The van der Waals surface area contributed by atoms with E-state index in [1.165, 1.54) is 0 Å². The van der Waals surface area contributed by atoms with E-state index in [1.54, 1.807) is 0 Å². The van der Waals surface area contributed by atoms with Crippen LogP contribution in [0.1, 0.15) is 71.9 Å². The summed E-state index contributed by atoms with van der Waals surface area (Å²) in [4.78, 5) is 0. The van der Waals surface area contributed by atoms with Crippen molar-refractivity contribution in [1.82, 2.24) is 19.6 Å². The first-order valence-electron chi connectivity index (χ1n) is 14.7. The second-order valence-electron chi connectivity index (χ2n) is 12.5. The largest absolute Gasteiger partial charge is 0.543 e. The zero-order valence-corrected chi connectivity index (χ0v) is 27.0. The summed E-state index contributed by atoms with van der Waals surface area (Å²) in [6.45, 7) is 13.9. The van der Waals surface area contributed by atoms with Gasteiger partial charge < -0.3 is 13.9 Å². The van der Waals surface area contributed by atoms with Crippen molar-refractivity contribution in [1.29, 1.82) is 0 Å². The summed E-state index contributed by atoms with van der Waals surface area (Å²) in [5.41, 5.74) is 2.88. The van der Waals surface area contributed by atoms with Crippen molar-refractivity contribution in [2.75, 3.05) is 25.6 Å². The smallest absolute Gasteiger partial charge is 0.264 e. The molecule has 228 valence electrons. The Labute approximate surface area is 245 Å². The zero-order chi connectivity index (χ0) is 29.7. The Morgan fingerprint density at radius 3 is 2.56 bits per heavy atom. The Morgan fingerprint density at radius 1 is 1.12 bits per heavy atom. The number of unbranched alkanes of at least 4 members (excludes halogenated alkanes) is 2. The molecule has 1 saturated heterocycles. The molecule has 0 aliphatic carbocycles. The summed E-state index contributed by atoms with van der Waals surface area (Å²) in [5.74, 6) is 0.657. The van der Waals surface area contributed by atoms with E-state index >= 15 is 0 Å². The van der Waals surface area contributed by atoms with Crippen molar-refractivity contribution >= 4 is 29.3 Å². The Balaban J connectivity index is 1.44. The lowest BCUT2D eigenvalue weighted by molar-refractivity contribution is -0.0365. The standard InChI is InChI=1S/C29H46N4O6SSi/c1-29(2,3)41(4,5)39-24-13-14-26-25(20-24)28(31-33(26)27-12-6-8-18-38-27)23-21-30-32(22-23)15-7-9-16-37-17-10-11-19-40(34,35)36/h13-14,20-22,27H,6-12,15-19H2,1-5H3,(H,34,35,36). The van der Waals surface area contributed by atoms with E-state index in [1.807, 2.05) is 21.8 Å². The maximum atomic E-state index is 10.8. The van der Waals surface area contributed by atoms with Crippen molar-refractivity contribution in [2.45, 2.75) is 96.6 Å². The summed E-state index contributed by atoms with van der Waals surface area (Å²) < 4.78 is 52.6. The van der Waals surface area contributed by atoms with Gasteiger partial charge in [-0.15, -0.1) is 0 Å². The zero-order valence-electron chi connectivity index (χ0n) is 25.1. The van der Waals surface area contributed by atoms with Crippen LogP contribution < -0.4 is 4.43 Å². The molecule has 1 aliphatic rings. The molecular weight excluding hydrogens is 560 g/mol. The van der Waals surface area contributed by atoms with Gasteiger partial charge in [0.05, 0.1) is 17.5 Å². The van der Waals surface area contributed by atoms with Gasteiger partial charge in [0.25, 0.3) is 10.1 Å². The molecular formula is C29H46N4O6SSi. The average Bonchev–Trinajstić information content (AvgIpc) is 3.51. The van der Waals surface area contributed by atoms with Gasteiger partial charge in [-0.3, -0.25) is 9.23 Å². The van der Waals surface area contributed by atoms with E-state index in [2.05, 4.69) is 57.2 Å². The lowest BCUT2D eigenvalue weighted by Crippen LogP contribution is -2.43. The van der Waals surface area contributed by atoms with Gasteiger partial charge in [0, 0.05) is 43.5 Å². The molecule has 10 nitrogen and oxygen atoms in total. The Kier molecular flexibility index (Phi) is 10.3. The summed E-state index contributed by atoms with van der Waals surface area (Å²) in [6.07, 6.45) is 9.79. The van der Waals surface area contributed by atoms with E-state index < -0.39 is 18.4 Å². The third kappa shape index (κ3) is 8.63. The van der Waals surface area contributed by atoms with E-state index in [4.69, 9.17) is 23.6 Å². The van der Waals surface area contributed by atoms with Gasteiger partial charge >= 0.3 is 0 Å². The van der Waals surface area contributed by atoms with Gasteiger partial charge in [0.15, 0.2) is 6.23 Å². The number of hydrogen-bond donors (Lipinski definition) is 1. The van der Waals surface area contributed by atoms with Crippen LogP contribution in [-0.2, 0) is 26.1 Å². The van der Waals surface area contributed by atoms with Gasteiger partial charge in [0.2, 0.25) is 8.32 Å². The number of fused-ring (bicyclic) bond motifs is 1. The minimum absolute atomic E-state index is 0.0738. The highest BCUT2D eigenvalue weighted by Gasteiger charge is 2.39. The fourth-order valence-corrected chi connectivity index (χ4v) is 6.25. The molecule has 12 heteroatoms. The number of ether oxygens (including phenoxy) is 2. The van der Waals surface area contributed by atoms with Crippen molar-refractivity contribution in [2.24, 2.45) is 0 Å². The van der Waals surface area contributed by atoms with Crippen molar-refractivity contribution in [3.8, 4) is 17.0 Å². The molecule has 4 rings (SSSR count). The van der Waals surface area contributed by atoms with E-state index in [9.17, 15) is 8.42 Å². The monoisotopic (exact) mass is 606 g/mol. The maximum absolute atomic E-state index is 10.8. The molecule has 1 aliphatic heterocycles. The van der Waals surface area contributed by atoms with Crippen molar-refractivity contribution in [3.05, 3.63) is 30.6 Å². The van der Waals surface area contributed by atoms with Crippen LogP contribution in [0.2, 0.25) is 18.1 Å². The SMILES string of the molecule is CC(C)(C)[Si](C)(C)Oc1ccc2c(c1)c(-c1cnn(CCCCOCCCCS(=O)(=O)O)c1)nn2C1CCCCO1. The topological polar surface area (TPSA) is 118 Å². The van der Waals surface area contributed by atoms with Crippen LogP contribution in [0.3, 0.4) is 0 Å². The summed E-state index contributed by atoms with van der Waals surface area (Å²) in [7, 11) is -5.89. The molecule has 0 spiro atoms. The van der Waals surface area contributed by atoms with Gasteiger partial charge in [-0.05, 0) is 81.3 Å². The Bertz CT molecular complexity index is 1390. The second-order valence-corrected chi connectivity index (χ2v) is 18.8. The third-order valence-corrected chi connectivity index (χ3v) is 13.2. The van der Waals surface area contributed by atoms with Crippen LogP contribution in [0.5, 0.6) is 5.75 Å². The highest BCUT2D eigenvalue weighted by Crippen LogP contribution is 2.39. The molecule has 3 heterocycles. The summed E-state index contributed by atoms with van der Waals surface area (Å²) >= 11 is 0. The van der Waals surface area contributed by atoms with Crippen LogP contribution in [0.25, 0.3) is 22.2 Å². The fraction of sp³-hybridized carbons (Fsp3) is 0.655. The maximum Gasteiger partial charge on any atom is 0.264 e. The van der Waals surface area contributed by atoms with Gasteiger partial charge in [-0.1, -0.05) is 20.8 Å². The third-order valence-electron chi connectivity index (χ3n) is 8.06. The minimum Gasteiger partial charge on any atom is -0.543 e. The predicted octanol–water partition coefficient (Wildman–Crippen LogP) is 6.45. The molecule has 1 unspecified atom stereocenters. The number of benzene rings is 1. The molecule has 0 radical (unpaired) electrons. The summed E-state index contributed by atoms with van der Waals surface area (Å²) in [6, 6.07) is 6.30. The number of aryl methyl sites for hydroxylation is 1. The predicted molar refractivity (Wildman–Crippen MR) is 163 cm³/mol. The molecule has 0 amide bonds. The first-order valence-corrected chi connectivity index (χ1v) is 19.2. The first-order chi connectivity index (χ1) is 19.3. The lowest BCUT2D eigenvalue weighted by Gasteiger charge is -2.36. The quantitative estimate of drug-likeness (QED) is 0.126. The molecule has 0 bridgehead atoms. The normalized spacial score (nSPS) is 16.9. The van der Waals surface area contributed by atoms with Crippen molar-refractivity contribution in [3.63, 3.8) is 0 Å². The van der Waals surface area contributed by atoms with Gasteiger partial charge in [-0.2, -0.15) is 18.6 Å². The molecule has 1 fully saturated rings. The fourth-order valence-electron chi connectivity index (χ4n) is 4.66. The van der Waals surface area contributed by atoms with Crippen LogP contribution in [0.4, 0.5) is 0 Å². The number of hydrogen-bond acceptors (Lipinski definition) is 7. The first kappa shape index (κ1) is 31.7. The lowest BCUT2D eigenvalue weighted by atomic mass is 10.1. The van der Waals surface area contributed by atoms with Crippen LogP contribution in [0.15, 0.2) is 30.6 Å². The average molecular weight is 607 g/mol. The molecule has 1 aromatic carbocycles. The number of rotatable bonds is 14. The molecule has 2 aromatic heterocycles. The van der Waals surface area contributed by atoms with E-state index in [0.717, 1.165) is 73.2 Å². The van der Waals surface area contributed by atoms with Crippen LogP contribution in [0, 0.1) is 0 Å². The highest BCUT2D eigenvalue weighted by molar-refractivity contribution is 7.85. The minimum atomic E-state index is -3.89. The summed E-state index contributed by atoms with van der Waals surface area (Å²) in [5, 5.41) is 10.8. The molecule has 1 atom stereocenters. The van der Waals surface area contributed by atoms with Gasteiger partial charge in [-0.25, -0.2) is 4.68 Å². The molecule has 0 saturated carbocycles. The van der Waals surface area contributed by atoms with Crippen LogP contribution >= 0.6 is 0 Å². The molecule has 1 N–H and O–H groups in total. The Morgan fingerprint density at radius 2 is 1.88 bits per heavy atom. The van der Waals surface area contributed by atoms with E-state index in [0.29, 0.717) is 26.1 Å². The van der Waals surface area contributed by atoms with E-state index in [-0.39, 0.29) is 17.0 Å². The van der Waals surface area contributed by atoms with Gasteiger partial charge in [0.1, 0.15) is 11.4 Å². The number of aromatic nitrogens is 4. The Hall–Kier alpha value is -2.25. The molecule has 3 aromatic rings. The highest BCUT2D eigenvalue weighted by atomic mass is 32.2. The number of nitrogens with zero attached hydrogens (tertiary/aromatic N) is 4. The van der Waals surface area contributed by atoms with Crippen molar-refractivity contribution < 1.29 is 26.9 Å².